The summed E-state index contributed by atoms with van der Waals surface area (Å²) in [5, 5.41) is 2.54. The standard InChI is InChI=1S/C17H23FN2O4S/c18-15-6-4-14(5-7-15)16(21)8-9-17(22)19-10-13-25(23,24)20-11-2-1-3-12-20/h4-7H,1-3,8-13H2,(H,19,22). The van der Waals surface area contributed by atoms with Crippen molar-refractivity contribution in [3.8, 4) is 0 Å². The van der Waals surface area contributed by atoms with E-state index in [1.54, 1.807) is 0 Å². The molecule has 0 atom stereocenters. The van der Waals surface area contributed by atoms with Crippen LogP contribution in [0.3, 0.4) is 0 Å². The van der Waals surface area contributed by atoms with Gasteiger partial charge in [0.15, 0.2) is 5.78 Å². The number of carbonyl (C=O) groups is 2. The van der Waals surface area contributed by atoms with E-state index in [0.29, 0.717) is 18.7 Å². The molecule has 0 bridgehead atoms. The quantitative estimate of drug-likeness (QED) is 0.706. The van der Waals surface area contributed by atoms with Crippen LogP contribution in [0.25, 0.3) is 0 Å². The smallest absolute Gasteiger partial charge is 0.220 e. The predicted octanol–water partition coefficient (Wildman–Crippen LogP) is 1.72. The first-order chi connectivity index (χ1) is 11.9. The fourth-order valence-corrected chi connectivity index (χ4v) is 4.12. The maximum Gasteiger partial charge on any atom is 0.220 e. The molecule has 1 fully saturated rings. The molecule has 1 saturated heterocycles. The number of benzene rings is 1. The maximum absolute atomic E-state index is 12.8. The van der Waals surface area contributed by atoms with Gasteiger partial charge in [0.25, 0.3) is 0 Å². The third kappa shape index (κ3) is 6.21. The summed E-state index contributed by atoms with van der Waals surface area (Å²) in [6, 6.07) is 5.14. The van der Waals surface area contributed by atoms with Crippen molar-refractivity contribution >= 4 is 21.7 Å². The molecule has 8 heteroatoms. The molecule has 1 amide bonds. The zero-order valence-electron chi connectivity index (χ0n) is 14.0. The molecule has 138 valence electrons. The summed E-state index contributed by atoms with van der Waals surface area (Å²) in [4.78, 5) is 23.7. The molecule has 1 N–H and O–H groups in total. The van der Waals surface area contributed by atoms with Crippen LogP contribution in [0.1, 0.15) is 42.5 Å². The van der Waals surface area contributed by atoms with E-state index >= 15 is 0 Å². The van der Waals surface area contributed by atoms with Crippen LogP contribution in [0.15, 0.2) is 24.3 Å². The highest BCUT2D eigenvalue weighted by Crippen LogP contribution is 2.13. The van der Waals surface area contributed by atoms with Crippen LogP contribution >= 0.6 is 0 Å². The lowest BCUT2D eigenvalue weighted by atomic mass is 10.1. The number of halogens is 1. The summed E-state index contributed by atoms with van der Waals surface area (Å²) in [7, 11) is -3.34. The lowest BCUT2D eigenvalue weighted by molar-refractivity contribution is -0.120. The summed E-state index contributed by atoms with van der Waals surface area (Å²) >= 11 is 0. The first-order valence-corrected chi connectivity index (χ1v) is 10.0. The molecule has 0 spiro atoms. The lowest BCUT2D eigenvalue weighted by Gasteiger charge is -2.25. The molecule has 1 aromatic carbocycles. The first kappa shape index (κ1) is 19.5. The van der Waals surface area contributed by atoms with E-state index in [9.17, 15) is 22.4 Å². The normalized spacial score (nSPS) is 15.7. The number of ketones is 1. The van der Waals surface area contributed by atoms with Gasteiger partial charge >= 0.3 is 0 Å². The Morgan fingerprint density at radius 1 is 1.04 bits per heavy atom. The molecule has 1 aliphatic rings. The predicted molar refractivity (Wildman–Crippen MR) is 92.2 cm³/mol. The van der Waals surface area contributed by atoms with Gasteiger partial charge in [-0.05, 0) is 37.1 Å². The van der Waals surface area contributed by atoms with Crippen molar-refractivity contribution in [2.24, 2.45) is 0 Å². The summed E-state index contributed by atoms with van der Waals surface area (Å²) < 4.78 is 38.6. The zero-order valence-corrected chi connectivity index (χ0v) is 14.9. The van der Waals surface area contributed by atoms with Gasteiger partial charge in [-0.25, -0.2) is 17.1 Å². The molecule has 1 aromatic rings. The minimum Gasteiger partial charge on any atom is -0.355 e. The molecule has 1 heterocycles. The minimum absolute atomic E-state index is 0.00363. The van der Waals surface area contributed by atoms with E-state index in [4.69, 9.17) is 0 Å². The molecule has 0 unspecified atom stereocenters. The van der Waals surface area contributed by atoms with Gasteiger partial charge in [0, 0.05) is 38.0 Å². The molecule has 1 aliphatic heterocycles. The molecule has 0 radical (unpaired) electrons. The largest absolute Gasteiger partial charge is 0.355 e. The van der Waals surface area contributed by atoms with Gasteiger partial charge in [-0.2, -0.15) is 0 Å². The van der Waals surface area contributed by atoms with Gasteiger partial charge in [-0.15, -0.1) is 0 Å². The van der Waals surface area contributed by atoms with E-state index in [1.165, 1.54) is 28.6 Å². The average Bonchev–Trinajstić information content (AvgIpc) is 2.61. The highest BCUT2D eigenvalue weighted by molar-refractivity contribution is 7.89. The highest BCUT2D eigenvalue weighted by atomic mass is 32.2. The fraction of sp³-hybridized carbons (Fsp3) is 0.529. The Morgan fingerprint density at radius 2 is 1.68 bits per heavy atom. The molecular weight excluding hydrogens is 347 g/mol. The monoisotopic (exact) mass is 370 g/mol. The van der Waals surface area contributed by atoms with E-state index in [2.05, 4.69) is 5.32 Å². The minimum atomic E-state index is -3.34. The molecular formula is C17H23FN2O4S. The number of hydrogen-bond donors (Lipinski definition) is 1. The lowest BCUT2D eigenvalue weighted by Crippen LogP contribution is -2.40. The number of sulfonamides is 1. The van der Waals surface area contributed by atoms with Crippen molar-refractivity contribution in [3.05, 3.63) is 35.6 Å². The second-order valence-electron chi connectivity index (χ2n) is 6.06. The number of nitrogens with one attached hydrogen (secondary N) is 1. The third-order valence-corrected chi connectivity index (χ3v) is 6.01. The molecule has 6 nitrogen and oxygen atoms in total. The maximum atomic E-state index is 12.8. The van der Waals surface area contributed by atoms with Gasteiger partial charge in [0.05, 0.1) is 5.75 Å². The first-order valence-electron chi connectivity index (χ1n) is 8.42. The van der Waals surface area contributed by atoms with Crippen LogP contribution in [0, 0.1) is 5.82 Å². The van der Waals surface area contributed by atoms with E-state index in [-0.39, 0.29) is 36.8 Å². The Bertz CT molecular complexity index is 698. The number of amides is 1. The number of rotatable bonds is 8. The van der Waals surface area contributed by atoms with Crippen LogP contribution in [0.4, 0.5) is 4.39 Å². The second-order valence-corrected chi connectivity index (χ2v) is 8.14. The van der Waals surface area contributed by atoms with Crippen LogP contribution in [-0.4, -0.2) is 49.8 Å². The number of piperidine rings is 1. The van der Waals surface area contributed by atoms with Crippen molar-refractivity contribution < 1.29 is 22.4 Å². The molecule has 0 aliphatic carbocycles. The molecule has 25 heavy (non-hydrogen) atoms. The van der Waals surface area contributed by atoms with Crippen LogP contribution in [-0.2, 0) is 14.8 Å². The summed E-state index contributed by atoms with van der Waals surface area (Å²) in [5.74, 6) is -1.19. The Kier molecular flexibility index (Phi) is 7.07. The zero-order chi connectivity index (χ0) is 18.3. The average molecular weight is 370 g/mol. The Labute approximate surface area is 147 Å². The molecule has 0 saturated carbocycles. The Hall–Kier alpha value is -1.80. The van der Waals surface area contributed by atoms with Gasteiger partial charge in [0.1, 0.15) is 5.82 Å². The fourth-order valence-electron chi connectivity index (χ4n) is 2.69. The second kappa shape index (κ2) is 9.05. The van der Waals surface area contributed by atoms with Gasteiger partial charge in [0.2, 0.25) is 15.9 Å². The van der Waals surface area contributed by atoms with E-state index in [1.807, 2.05) is 0 Å². The van der Waals surface area contributed by atoms with E-state index < -0.39 is 15.8 Å². The van der Waals surface area contributed by atoms with Gasteiger partial charge < -0.3 is 5.32 Å². The van der Waals surface area contributed by atoms with E-state index in [0.717, 1.165) is 19.3 Å². The van der Waals surface area contributed by atoms with Crippen LogP contribution < -0.4 is 5.32 Å². The van der Waals surface area contributed by atoms with Crippen molar-refractivity contribution in [1.82, 2.24) is 9.62 Å². The van der Waals surface area contributed by atoms with Crippen molar-refractivity contribution in [3.63, 3.8) is 0 Å². The summed E-state index contributed by atoms with van der Waals surface area (Å²) in [6.07, 6.45) is 2.76. The topological polar surface area (TPSA) is 83.5 Å². The van der Waals surface area contributed by atoms with Crippen molar-refractivity contribution in [1.29, 1.82) is 0 Å². The summed E-state index contributed by atoms with van der Waals surface area (Å²) in [5.41, 5.74) is 0.349. The van der Waals surface area contributed by atoms with Crippen LogP contribution in [0.5, 0.6) is 0 Å². The molecule has 0 aromatic heterocycles. The number of carbonyl (C=O) groups excluding carboxylic acids is 2. The van der Waals surface area contributed by atoms with Crippen molar-refractivity contribution in [2.45, 2.75) is 32.1 Å². The van der Waals surface area contributed by atoms with Gasteiger partial charge in [-0.1, -0.05) is 6.42 Å². The number of nitrogens with zero attached hydrogens (tertiary/aromatic N) is 1. The third-order valence-electron chi connectivity index (χ3n) is 4.14. The Balaban J connectivity index is 1.70. The number of Topliss-reactive ketones (excluding diaryl/α,β-unsaturated/α-hetero) is 1. The SMILES string of the molecule is O=C(CCC(=O)c1ccc(F)cc1)NCCS(=O)(=O)N1CCCCC1. The number of hydrogen-bond acceptors (Lipinski definition) is 4. The van der Waals surface area contributed by atoms with Gasteiger partial charge in [-0.3, -0.25) is 9.59 Å². The highest BCUT2D eigenvalue weighted by Gasteiger charge is 2.23. The Morgan fingerprint density at radius 3 is 2.32 bits per heavy atom. The van der Waals surface area contributed by atoms with Crippen LogP contribution in [0.2, 0.25) is 0 Å². The molecule has 2 rings (SSSR count). The van der Waals surface area contributed by atoms with Crippen molar-refractivity contribution in [2.75, 3.05) is 25.4 Å². The summed E-state index contributed by atoms with van der Waals surface area (Å²) in [6.45, 7) is 1.12.